The maximum absolute atomic E-state index is 12.5. The van der Waals surface area contributed by atoms with Gasteiger partial charge in [0, 0.05) is 32.1 Å². The van der Waals surface area contributed by atoms with Crippen molar-refractivity contribution in [3.8, 4) is 0 Å². The Morgan fingerprint density at radius 2 is 2.00 bits per heavy atom. The number of rotatable bonds is 5. The van der Waals surface area contributed by atoms with Crippen LogP contribution in [0.5, 0.6) is 0 Å². The van der Waals surface area contributed by atoms with Crippen LogP contribution in [0.25, 0.3) is 0 Å². The van der Waals surface area contributed by atoms with Gasteiger partial charge in [-0.2, -0.15) is 0 Å². The van der Waals surface area contributed by atoms with Crippen molar-refractivity contribution in [2.45, 2.75) is 53.0 Å². The largest absolute Gasteiger partial charge is 0.481 e. The molecule has 0 aromatic carbocycles. The predicted molar refractivity (Wildman–Crippen MR) is 78.6 cm³/mol. The van der Waals surface area contributed by atoms with E-state index in [0.717, 1.165) is 19.4 Å². The Morgan fingerprint density at radius 1 is 1.35 bits per heavy atom. The summed E-state index contributed by atoms with van der Waals surface area (Å²) < 4.78 is 0. The van der Waals surface area contributed by atoms with Gasteiger partial charge in [0.05, 0.1) is 0 Å². The monoisotopic (exact) mass is 284 g/mol. The van der Waals surface area contributed by atoms with Gasteiger partial charge in [-0.25, -0.2) is 4.79 Å². The quantitative estimate of drug-likeness (QED) is 0.844. The summed E-state index contributed by atoms with van der Waals surface area (Å²) in [6, 6.07) is 0.291. The van der Waals surface area contributed by atoms with E-state index >= 15 is 0 Å². The number of nitrogens with zero attached hydrogens (tertiary/aromatic N) is 2. The minimum Gasteiger partial charge on any atom is -0.481 e. The predicted octanol–water partition coefficient (Wildman–Crippen LogP) is 2.66. The molecule has 0 aliphatic carbocycles. The summed E-state index contributed by atoms with van der Waals surface area (Å²) in [5, 5.41) is 8.90. The van der Waals surface area contributed by atoms with Gasteiger partial charge in [0.1, 0.15) is 0 Å². The van der Waals surface area contributed by atoms with Gasteiger partial charge in [0.2, 0.25) is 0 Å². The van der Waals surface area contributed by atoms with Crippen molar-refractivity contribution in [2.24, 2.45) is 11.8 Å². The van der Waals surface area contributed by atoms with Crippen LogP contribution < -0.4 is 0 Å². The molecule has 1 rings (SSSR count). The van der Waals surface area contributed by atoms with E-state index in [1.54, 1.807) is 0 Å². The van der Waals surface area contributed by atoms with Crippen molar-refractivity contribution in [2.75, 3.05) is 19.6 Å². The molecular formula is C15H28N2O3. The SMILES string of the molecule is CCN(C(=O)N1CCCC(C(C)CC(=O)O)C1)C(C)C. The van der Waals surface area contributed by atoms with Crippen LogP contribution in [0.15, 0.2) is 0 Å². The average Bonchev–Trinajstić information content (AvgIpc) is 2.38. The van der Waals surface area contributed by atoms with E-state index in [9.17, 15) is 9.59 Å². The molecule has 0 aromatic heterocycles. The molecule has 1 N–H and O–H groups in total. The van der Waals surface area contributed by atoms with Crippen LogP contribution >= 0.6 is 0 Å². The summed E-state index contributed by atoms with van der Waals surface area (Å²) in [7, 11) is 0. The van der Waals surface area contributed by atoms with Crippen molar-refractivity contribution in [3.05, 3.63) is 0 Å². The van der Waals surface area contributed by atoms with Crippen LogP contribution in [0.3, 0.4) is 0 Å². The summed E-state index contributed by atoms with van der Waals surface area (Å²) >= 11 is 0. The summed E-state index contributed by atoms with van der Waals surface area (Å²) in [4.78, 5) is 27.1. The Bertz CT molecular complexity index is 344. The molecule has 2 atom stereocenters. The Balaban J connectivity index is 2.64. The van der Waals surface area contributed by atoms with E-state index in [1.165, 1.54) is 0 Å². The van der Waals surface area contributed by atoms with Gasteiger partial charge in [0.15, 0.2) is 0 Å². The van der Waals surface area contributed by atoms with E-state index in [4.69, 9.17) is 5.11 Å². The lowest BCUT2D eigenvalue weighted by molar-refractivity contribution is -0.138. The van der Waals surface area contributed by atoms with Gasteiger partial charge < -0.3 is 14.9 Å². The van der Waals surface area contributed by atoms with E-state index < -0.39 is 5.97 Å². The Hall–Kier alpha value is -1.26. The molecule has 0 aromatic rings. The lowest BCUT2D eigenvalue weighted by Gasteiger charge is -2.39. The zero-order valence-corrected chi connectivity index (χ0v) is 13.1. The first-order valence-electron chi connectivity index (χ1n) is 7.64. The number of hydrogen-bond acceptors (Lipinski definition) is 2. The standard InChI is InChI=1S/C15H28N2O3/c1-5-17(11(2)3)15(20)16-8-6-7-13(10-16)12(4)9-14(18)19/h11-13H,5-10H2,1-4H3,(H,18,19). The van der Waals surface area contributed by atoms with Crippen molar-refractivity contribution in [3.63, 3.8) is 0 Å². The Morgan fingerprint density at radius 3 is 2.50 bits per heavy atom. The van der Waals surface area contributed by atoms with Crippen molar-refractivity contribution < 1.29 is 14.7 Å². The Labute approximate surface area is 121 Å². The lowest BCUT2D eigenvalue weighted by Crippen LogP contribution is -2.50. The van der Waals surface area contributed by atoms with Crippen molar-refractivity contribution >= 4 is 12.0 Å². The second-order valence-electron chi connectivity index (χ2n) is 6.09. The van der Waals surface area contributed by atoms with Crippen molar-refractivity contribution in [1.29, 1.82) is 0 Å². The van der Waals surface area contributed by atoms with E-state index in [-0.39, 0.29) is 24.4 Å². The number of amides is 2. The molecule has 1 aliphatic heterocycles. The number of aliphatic carboxylic acids is 1. The number of carboxylic acid groups (broad SMARTS) is 1. The molecule has 2 amide bonds. The number of carboxylic acids is 1. The molecule has 1 saturated heterocycles. The molecule has 1 heterocycles. The zero-order chi connectivity index (χ0) is 15.3. The highest BCUT2D eigenvalue weighted by Crippen LogP contribution is 2.26. The molecular weight excluding hydrogens is 256 g/mol. The van der Waals surface area contributed by atoms with Gasteiger partial charge in [0.25, 0.3) is 0 Å². The zero-order valence-electron chi connectivity index (χ0n) is 13.1. The smallest absolute Gasteiger partial charge is 0.320 e. The summed E-state index contributed by atoms with van der Waals surface area (Å²) in [5.41, 5.74) is 0. The molecule has 0 radical (unpaired) electrons. The molecule has 5 nitrogen and oxygen atoms in total. The molecule has 1 aliphatic rings. The van der Waals surface area contributed by atoms with Crippen LogP contribution in [0, 0.1) is 11.8 Å². The van der Waals surface area contributed by atoms with Gasteiger partial charge in [-0.05, 0) is 45.4 Å². The molecule has 20 heavy (non-hydrogen) atoms. The van der Waals surface area contributed by atoms with E-state index in [0.29, 0.717) is 19.0 Å². The molecule has 0 saturated carbocycles. The van der Waals surface area contributed by atoms with Gasteiger partial charge in [-0.15, -0.1) is 0 Å². The second-order valence-corrected chi connectivity index (χ2v) is 6.09. The van der Waals surface area contributed by atoms with E-state index in [2.05, 4.69) is 0 Å². The third kappa shape index (κ3) is 4.39. The first-order valence-corrected chi connectivity index (χ1v) is 7.64. The minimum absolute atomic E-state index is 0.0923. The Kier molecular flexibility index (Phi) is 6.30. The van der Waals surface area contributed by atoms with Crippen LogP contribution in [0.1, 0.15) is 47.0 Å². The number of likely N-dealkylation sites (tertiary alicyclic amines) is 1. The van der Waals surface area contributed by atoms with Crippen LogP contribution in [0.2, 0.25) is 0 Å². The number of piperidine rings is 1. The summed E-state index contributed by atoms with van der Waals surface area (Å²) in [6.45, 7) is 10.2. The number of carbonyl (C=O) groups is 2. The third-order valence-electron chi connectivity index (χ3n) is 4.24. The fraction of sp³-hybridized carbons (Fsp3) is 0.867. The van der Waals surface area contributed by atoms with Crippen LogP contribution in [0.4, 0.5) is 4.79 Å². The highest BCUT2D eigenvalue weighted by atomic mass is 16.4. The highest BCUT2D eigenvalue weighted by Gasteiger charge is 2.30. The van der Waals surface area contributed by atoms with Crippen LogP contribution in [-0.2, 0) is 4.79 Å². The maximum atomic E-state index is 12.5. The second kappa shape index (κ2) is 7.50. The fourth-order valence-corrected chi connectivity index (χ4v) is 2.99. The van der Waals surface area contributed by atoms with Gasteiger partial charge in [-0.3, -0.25) is 4.79 Å². The fourth-order valence-electron chi connectivity index (χ4n) is 2.99. The molecule has 0 spiro atoms. The maximum Gasteiger partial charge on any atom is 0.320 e. The normalized spacial score (nSPS) is 20.9. The first-order chi connectivity index (χ1) is 9.36. The van der Waals surface area contributed by atoms with Gasteiger partial charge in [-0.1, -0.05) is 6.92 Å². The molecule has 116 valence electrons. The molecule has 1 fully saturated rings. The third-order valence-corrected chi connectivity index (χ3v) is 4.24. The summed E-state index contributed by atoms with van der Waals surface area (Å²) in [6.07, 6.45) is 2.18. The lowest BCUT2D eigenvalue weighted by atomic mass is 9.85. The number of urea groups is 1. The van der Waals surface area contributed by atoms with Crippen LogP contribution in [-0.4, -0.2) is 52.6 Å². The molecule has 0 bridgehead atoms. The van der Waals surface area contributed by atoms with Gasteiger partial charge >= 0.3 is 12.0 Å². The summed E-state index contributed by atoms with van der Waals surface area (Å²) in [5.74, 6) is -0.329. The first kappa shape index (κ1) is 16.8. The minimum atomic E-state index is -0.752. The molecule has 5 heteroatoms. The average molecular weight is 284 g/mol. The topological polar surface area (TPSA) is 60.9 Å². The molecule has 2 unspecified atom stereocenters. The highest BCUT2D eigenvalue weighted by molar-refractivity contribution is 5.75. The van der Waals surface area contributed by atoms with Crippen molar-refractivity contribution in [1.82, 2.24) is 9.80 Å². The number of hydrogen-bond donors (Lipinski definition) is 1. The van der Waals surface area contributed by atoms with E-state index in [1.807, 2.05) is 37.5 Å². The number of carbonyl (C=O) groups excluding carboxylic acids is 1.